The number of benzene rings is 1. The van der Waals surface area contributed by atoms with Crippen molar-refractivity contribution < 1.29 is 13.9 Å². The minimum absolute atomic E-state index is 0.0160. The number of nitrogens with two attached hydrogens (primary N) is 1. The Morgan fingerprint density at radius 1 is 1.55 bits per heavy atom. The zero-order chi connectivity index (χ0) is 14.7. The van der Waals surface area contributed by atoms with E-state index in [9.17, 15) is 9.18 Å². The summed E-state index contributed by atoms with van der Waals surface area (Å²) in [6.45, 7) is 3.13. The van der Waals surface area contributed by atoms with E-state index in [4.69, 9.17) is 10.5 Å². The van der Waals surface area contributed by atoms with Crippen molar-refractivity contribution >= 4 is 5.91 Å². The Labute approximate surface area is 118 Å². The third-order valence-electron chi connectivity index (χ3n) is 4.02. The summed E-state index contributed by atoms with van der Waals surface area (Å²) in [4.78, 5) is 14.2. The molecule has 4 nitrogen and oxygen atoms in total. The van der Waals surface area contributed by atoms with Crippen LogP contribution in [0.4, 0.5) is 4.39 Å². The number of nitrogens with zero attached hydrogens (tertiary/aromatic N) is 1. The smallest absolute Gasteiger partial charge is 0.257 e. The number of halogens is 1. The lowest BCUT2D eigenvalue weighted by atomic mass is 9.90. The summed E-state index contributed by atoms with van der Waals surface area (Å²) in [7, 11) is 1.47. The molecule has 5 heteroatoms. The molecule has 2 unspecified atom stereocenters. The highest BCUT2D eigenvalue weighted by Crippen LogP contribution is 2.26. The lowest BCUT2D eigenvalue weighted by Crippen LogP contribution is -2.51. The molecule has 0 spiro atoms. The van der Waals surface area contributed by atoms with E-state index in [2.05, 4.69) is 6.92 Å². The first-order valence-corrected chi connectivity index (χ1v) is 6.93. The largest absolute Gasteiger partial charge is 0.497 e. The molecule has 1 aliphatic heterocycles. The maximum absolute atomic E-state index is 14.0. The van der Waals surface area contributed by atoms with Crippen LogP contribution in [-0.4, -0.2) is 37.0 Å². The van der Waals surface area contributed by atoms with E-state index in [0.29, 0.717) is 24.8 Å². The molecule has 20 heavy (non-hydrogen) atoms. The Kier molecular flexibility index (Phi) is 4.60. The Morgan fingerprint density at radius 2 is 2.30 bits per heavy atom. The molecule has 1 amide bonds. The highest BCUT2D eigenvalue weighted by Gasteiger charge is 2.32. The van der Waals surface area contributed by atoms with Gasteiger partial charge in [-0.1, -0.05) is 6.92 Å². The Bertz CT molecular complexity index is 493. The average molecular weight is 280 g/mol. The highest BCUT2D eigenvalue weighted by molar-refractivity contribution is 5.95. The van der Waals surface area contributed by atoms with Crippen LogP contribution in [0.5, 0.6) is 5.75 Å². The Balaban J connectivity index is 2.25. The molecule has 2 rings (SSSR count). The number of carbonyl (C=O) groups excluding carboxylic acids is 1. The van der Waals surface area contributed by atoms with Gasteiger partial charge in [-0.25, -0.2) is 4.39 Å². The summed E-state index contributed by atoms with van der Waals surface area (Å²) in [5.74, 6) is -0.0871. The molecule has 2 N–H and O–H groups in total. The van der Waals surface area contributed by atoms with E-state index in [1.165, 1.54) is 19.2 Å². The predicted octanol–water partition coefficient (Wildman–Crippen LogP) is 2.03. The standard InChI is InChI=1S/C15H21FN2O2/c1-10-4-3-7-18(14(10)9-17)15(19)12-6-5-11(20-2)8-13(12)16/h5-6,8,10,14H,3-4,7,9,17H2,1-2H3. The van der Waals surface area contributed by atoms with Crippen LogP contribution in [-0.2, 0) is 0 Å². The van der Waals surface area contributed by atoms with Crippen molar-refractivity contribution in [3.63, 3.8) is 0 Å². The Hall–Kier alpha value is -1.62. The van der Waals surface area contributed by atoms with Crippen molar-refractivity contribution in [3.05, 3.63) is 29.6 Å². The van der Waals surface area contributed by atoms with Crippen LogP contribution in [0.1, 0.15) is 30.1 Å². The van der Waals surface area contributed by atoms with Gasteiger partial charge < -0.3 is 15.4 Å². The summed E-state index contributed by atoms with van der Waals surface area (Å²) in [5, 5.41) is 0. The fourth-order valence-electron chi connectivity index (χ4n) is 2.81. The molecule has 0 aliphatic carbocycles. The van der Waals surface area contributed by atoms with Gasteiger partial charge in [-0.15, -0.1) is 0 Å². The van der Waals surface area contributed by atoms with Gasteiger partial charge in [0.25, 0.3) is 5.91 Å². The van der Waals surface area contributed by atoms with E-state index in [-0.39, 0.29) is 17.5 Å². The molecule has 1 aromatic carbocycles. The minimum atomic E-state index is -0.552. The van der Waals surface area contributed by atoms with Gasteiger partial charge in [-0.2, -0.15) is 0 Å². The van der Waals surface area contributed by atoms with Crippen LogP contribution in [0, 0.1) is 11.7 Å². The maximum atomic E-state index is 14.0. The maximum Gasteiger partial charge on any atom is 0.257 e. The van der Waals surface area contributed by atoms with Gasteiger partial charge in [-0.3, -0.25) is 4.79 Å². The third kappa shape index (κ3) is 2.77. The van der Waals surface area contributed by atoms with Gasteiger partial charge in [0.15, 0.2) is 0 Å². The highest BCUT2D eigenvalue weighted by atomic mass is 19.1. The van der Waals surface area contributed by atoms with Crippen LogP contribution in [0.25, 0.3) is 0 Å². The lowest BCUT2D eigenvalue weighted by molar-refractivity contribution is 0.0528. The number of hydrogen-bond acceptors (Lipinski definition) is 3. The van der Waals surface area contributed by atoms with Gasteiger partial charge in [0.05, 0.1) is 12.7 Å². The first-order valence-electron chi connectivity index (χ1n) is 6.93. The molecule has 1 saturated heterocycles. The number of likely N-dealkylation sites (tertiary alicyclic amines) is 1. The van der Waals surface area contributed by atoms with Crippen LogP contribution in [0.2, 0.25) is 0 Å². The van der Waals surface area contributed by atoms with Crippen molar-refractivity contribution in [3.8, 4) is 5.75 Å². The molecular formula is C15H21FN2O2. The monoisotopic (exact) mass is 280 g/mol. The quantitative estimate of drug-likeness (QED) is 0.921. The molecule has 2 atom stereocenters. The normalized spacial score (nSPS) is 22.7. The minimum Gasteiger partial charge on any atom is -0.497 e. The summed E-state index contributed by atoms with van der Waals surface area (Å²) < 4.78 is 19.0. The van der Waals surface area contributed by atoms with Crippen LogP contribution in [0.15, 0.2) is 18.2 Å². The van der Waals surface area contributed by atoms with Gasteiger partial charge in [0, 0.05) is 25.2 Å². The SMILES string of the molecule is COc1ccc(C(=O)N2CCCC(C)C2CN)c(F)c1. The zero-order valence-electron chi connectivity index (χ0n) is 11.9. The summed E-state index contributed by atoms with van der Waals surface area (Å²) in [6.07, 6.45) is 1.98. The van der Waals surface area contributed by atoms with Crippen molar-refractivity contribution in [2.75, 3.05) is 20.2 Å². The van der Waals surface area contributed by atoms with E-state index < -0.39 is 5.82 Å². The van der Waals surface area contributed by atoms with E-state index >= 15 is 0 Å². The predicted molar refractivity (Wildman–Crippen MR) is 75.2 cm³/mol. The molecule has 1 heterocycles. The summed E-state index contributed by atoms with van der Waals surface area (Å²) >= 11 is 0. The number of amides is 1. The van der Waals surface area contributed by atoms with Gasteiger partial charge in [0.1, 0.15) is 11.6 Å². The number of rotatable bonds is 3. The number of piperidine rings is 1. The second-order valence-electron chi connectivity index (χ2n) is 5.27. The molecule has 0 aromatic heterocycles. The van der Waals surface area contributed by atoms with Gasteiger partial charge in [-0.05, 0) is 30.9 Å². The lowest BCUT2D eigenvalue weighted by Gasteiger charge is -2.39. The van der Waals surface area contributed by atoms with Crippen molar-refractivity contribution in [1.82, 2.24) is 4.90 Å². The second kappa shape index (κ2) is 6.22. The number of methoxy groups -OCH3 is 1. The van der Waals surface area contributed by atoms with Crippen LogP contribution < -0.4 is 10.5 Å². The second-order valence-corrected chi connectivity index (χ2v) is 5.27. The topological polar surface area (TPSA) is 55.6 Å². The molecule has 0 radical (unpaired) electrons. The molecular weight excluding hydrogens is 259 g/mol. The van der Waals surface area contributed by atoms with Gasteiger partial charge >= 0.3 is 0 Å². The summed E-state index contributed by atoms with van der Waals surface area (Å²) in [5.41, 5.74) is 5.86. The van der Waals surface area contributed by atoms with Crippen molar-refractivity contribution in [2.45, 2.75) is 25.8 Å². The molecule has 1 fully saturated rings. The van der Waals surface area contributed by atoms with Crippen LogP contribution >= 0.6 is 0 Å². The van der Waals surface area contributed by atoms with E-state index in [1.807, 2.05) is 0 Å². The molecule has 110 valence electrons. The third-order valence-corrected chi connectivity index (χ3v) is 4.02. The molecule has 0 bridgehead atoms. The van der Waals surface area contributed by atoms with Crippen LogP contribution in [0.3, 0.4) is 0 Å². The number of ether oxygens (including phenoxy) is 1. The average Bonchev–Trinajstić information content (AvgIpc) is 2.46. The van der Waals surface area contributed by atoms with Crippen molar-refractivity contribution in [2.24, 2.45) is 11.7 Å². The number of carbonyl (C=O) groups is 1. The van der Waals surface area contributed by atoms with Crippen molar-refractivity contribution in [1.29, 1.82) is 0 Å². The van der Waals surface area contributed by atoms with E-state index in [0.717, 1.165) is 12.8 Å². The summed E-state index contributed by atoms with van der Waals surface area (Å²) in [6, 6.07) is 4.29. The molecule has 1 aromatic rings. The fourth-order valence-corrected chi connectivity index (χ4v) is 2.81. The van der Waals surface area contributed by atoms with Gasteiger partial charge in [0.2, 0.25) is 0 Å². The first-order chi connectivity index (χ1) is 9.58. The zero-order valence-corrected chi connectivity index (χ0v) is 11.9. The Morgan fingerprint density at radius 3 is 2.90 bits per heavy atom. The molecule has 0 saturated carbocycles. The fraction of sp³-hybridized carbons (Fsp3) is 0.533. The van der Waals surface area contributed by atoms with E-state index in [1.54, 1.807) is 11.0 Å². The number of hydrogen-bond donors (Lipinski definition) is 1. The molecule has 1 aliphatic rings. The first kappa shape index (κ1) is 14.8.